The molecule has 0 unspecified atom stereocenters. The molecule has 0 saturated heterocycles. The standard InChI is InChI=1S/C18H16OS/c1-12-7-8-13(2)15(9-12)10-16(19)18-11-14-5-3-4-6-17(14)20-18/h3-9,11H,10H2,1-2H3. The Kier molecular flexibility index (Phi) is 3.41. The van der Waals surface area contributed by atoms with Crippen molar-refractivity contribution in [1.29, 1.82) is 0 Å². The summed E-state index contributed by atoms with van der Waals surface area (Å²) >= 11 is 1.59. The van der Waals surface area contributed by atoms with Gasteiger partial charge in [0.1, 0.15) is 0 Å². The molecule has 1 aromatic heterocycles. The molecule has 0 bridgehead atoms. The topological polar surface area (TPSA) is 17.1 Å². The lowest BCUT2D eigenvalue weighted by molar-refractivity contribution is 0.0996. The second-order valence-electron chi connectivity index (χ2n) is 5.18. The molecule has 0 saturated carbocycles. The molecule has 0 fully saturated rings. The van der Waals surface area contributed by atoms with Gasteiger partial charge in [0.05, 0.1) is 4.88 Å². The van der Waals surface area contributed by atoms with E-state index in [1.807, 2.05) is 18.2 Å². The molecule has 20 heavy (non-hydrogen) atoms. The lowest BCUT2D eigenvalue weighted by Gasteiger charge is -2.05. The SMILES string of the molecule is Cc1ccc(C)c(CC(=O)c2cc3ccccc3s2)c1. The van der Waals surface area contributed by atoms with E-state index in [0.29, 0.717) is 6.42 Å². The fraction of sp³-hybridized carbons (Fsp3) is 0.167. The number of fused-ring (bicyclic) bond motifs is 1. The zero-order chi connectivity index (χ0) is 14.1. The van der Waals surface area contributed by atoms with Crippen molar-refractivity contribution in [2.45, 2.75) is 20.3 Å². The quantitative estimate of drug-likeness (QED) is 0.621. The van der Waals surface area contributed by atoms with Crippen molar-refractivity contribution >= 4 is 27.2 Å². The number of benzene rings is 2. The first-order chi connectivity index (χ1) is 9.63. The number of rotatable bonds is 3. The molecule has 2 aromatic carbocycles. The third kappa shape index (κ3) is 2.52. The molecule has 3 rings (SSSR count). The summed E-state index contributed by atoms with van der Waals surface area (Å²) in [6.45, 7) is 4.12. The van der Waals surface area contributed by atoms with E-state index >= 15 is 0 Å². The first kappa shape index (κ1) is 13.1. The summed E-state index contributed by atoms with van der Waals surface area (Å²) in [5, 5.41) is 1.15. The molecule has 0 aliphatic rings. The van der Waals surface area contributed by atoms with Crippen molar-refractivity contribution in [3.05, 3.63) is 70.1 Å². The highest BCUT2D eigenvalue weighted by atomic mass is 32.1. The van der Waals surface area contributed by atoms with Gasteiger partial charge >= 0.3 is 0 Å². The Hall–Kier alpha value is -1.93. The number of aryl methyl sites for hydroxylation is 2. The van der Waals surface area contributed by atoms with E-state index in [-0.39, 0.29) is 5.78 Å². The van der Waals surface area contributed by atoms with E-state index < -0.39 is 0 Å². The van der Waals surface area contributed by atoms with Gasteiger partial charge in [0.2, 0.25) is 0 Å². The molecule has 100 valence electrons. The maximum Gasteiger partial charge on any atom is 0.177 e. The van der Waals surface area contributed by atoms with Gasteiger partial charge in [0.15, 0.2) is 5.78 Å². The van der Waals surface area contributed by atoms with Crippen LogP contribution in [-0.2, 0) is 6.42 Å². The van der Waals surface area contributed by atoms with Crippen LogP contribution in [0.1, 0.15) is 26.4 Å². The molecule has 0 aliphatic heterocycles. The van der Waals surface area contributed by atoms with Gasteiger partial charge < -0.3 is 0 Å². The molecule has 2 heteroatoms. The Morgan fingerprint density at radius 1 is 1.05 bits per heavy atom. The van der Waals surface area contributed by atoms with Gasteiger partial charge in [0.25, 0.3) is 0 Å². The van der Waals surface area contributed by atoms with E-state index in [1.165, 1.54) is 15.8 Å². The van der Waals surface area contributed by atoms with Gasteiger partial charge in [0, 0.05) is 11.1 Å². The Labute approximate surface area is 122 Å². The highest BCUT2D eigenvalue weighted by Gasteiger charge is 2.12. The molecule has 3 aromatic rings. The maximum atomic E-state index is 12.5. The van der Waals surface area contributed by atoms with Crippen LogP contribution in [0.4, 0.5) is 0 Å². The van der Waals surface area contributed by atoms with E-state index in [0.717, 1.165) is 15.8 Å². The molecule has 1 nitrogen and oxygen atoms in total. The average molecular weight is 280 g/mol. The van der Waals surface area contributed by atoms with Crippen molar-refractivity contribution < 1.29 is 4.79 Å². The minimum absolute atomic E-state index is 0.208. The van der Waals surface area contributed by atoms with E-state index in [4.69, 9.17) is 0 Å². The zero-order valence-corrected chi connectivity index (χ0v) is 12.5. The molecule has 0 spiro atoms. The average Bonchev–Trinajstić information content (AvgIpc) is 2.87. The number of hydrogen-bond acceptors (Lipinski definition) is 2. The Bertz CT molecular complexity index is 750. The molecule has 0 aliphatic carbocycles. The monoisotopic (exact) mass is 280 g/mol. The van der Waals surface area contributed by atoms with Crippen LogP contribution in [0.25, 0.3) is 10.1 Å². The smallest absolute Gasteiger partial charge is 0.177 e. The van der Waals surface area contributed by atoms with Crippen LogP contribution in [0.3, 0.4) is 0 Å². The number of ketones is 1. The van der Waals surface area contributed by atoms with Gasteiger partial charge in [-0.1, -0.05) is 42.0 Å². The fourth-order valence-corrected chi connectivity index (χ4v) is 3.37. The van der Waals surface area contributed by atoms with Gasteiger partial charge in [-0.15, -0.1) is 11.3 Å². The van der Waals surface area contributed by atoms with Gasteiger partial charge in [-0.2, -0.15) is 0 Å². The summed E-state index contributed by atoms with van der Waals surface area (Å²) in [5.74, 6) is 0.208. The Morgan fingerprint density at radius 2 is 1.85 bits per heavy atom. The van der Waals surface area contributed by atoms with Crippen molar-refractivity contribution in [2.75, 3.05) is 0 Å². The van der Waals surface area contributed by atoms with Crippen LogP contribution in [0, 0.1) is 13.8 Å². The van der Waals surface area contributed by atoms with E-state index in [1.54, 1.807) is 11.3 Å². The van der Waals surface area contributed by atoms with Gasteiger partial charge in [-0.05, 0) is 42.5 Å². The lowest BCUT2D eigenvalue weighted by atomic mass is 10.0. The number of hydrogen-bond donors (Lipinski definition) is 0. The zero-order valence-electron chi connectivity index (χ0n) is 11.6. The van der Waals surface area contributed by atoms with Crippen LogP contribution in [0.15, 0.2) is 48.5 Å². The minimum atomic E-state index is 0.208. The minimum Gasteiger partial charge on any atom is -0.293 e. The maximum absolute atomic E-state index is 12.5. The predicted octanol–water partition coefficient (Wildman–Crippen LogP) is 4.94. The first-order valence-corrected chi connectivity index (χ1v) is 7.53. The lowest BCUT2D eigenvalue weighted by Crippen LogP contribution is -2.03. The van der Waals surface area contributed by atoms with Gasteiger partial charge in [-0.3, -0.25) is 4.79 Å². The number of carbonyl (C=O) groups excluding carboxylic acids is 1. The third-order valence-electron chi connectivity index (χ3n) is 3.56. The Morgan fingerprint density at radius 3 is 2.65 bits per heavy atom. The van der Waals surface area contributed by atoms with E-state index in [2.05, 4.69) is 44.2 Å². The van der Waals surface area contributed by atoms with Gasteiger partial charge in [-0.25, -0.2) is 0 Å². The summed E-state index contributed by atoms with van der Waals surface area (Å²) in [6.07, 6.45) is 0.486. The third-order valence-corrected chi connectivity index (χ3v) is 4.71. The van der Waals surface area contributed by atoms with Crippen LogP contribution >= 0.6 is 11.3 Å². The van der Waals surface area contributed by atoms with Crippen LogP contribution < -0.4 is 0 Å². The fourth-order valence-electron chi connectivity index (χ4n) is 2.37. The summed E-state index contributed by atoms with van der Waals surface area (Å²) in [7, 11) is 0. The molecule has 0 amide bonds. The van der Waals surface area contributed by atoms with Crippen molar-refractivity contribution in [1.82, 2.24) is 0 Å². The second-order valence-corrected chi connectivity index (χ2v) is 6.26. The molecule has 0 radical (unpaired) electrons. The molecular formula is C18H16OS. The Balaban J connectivity index is 1.90. The van der Waals surface area contributed by atoms with Crippen LogP contribution in [0.2, 0.25) is 0 Å². The highest BCUT2D eigenvalue weighted by molar-refractivity contribution is 7.20. The predicted molar refractivity (Wildman–Crippen MR) is 85.8 cm³/mol. The molecular weight excluding hydrogens is 264 g/mol. The number of Topliss-reactive ketones (excluding diaryl/α,β-unsaturated/α-hetero) is 1. The molecule has 0 atom stereocenters. The van der Waals surface area contributed by atoms with Crippen molar-refractivity contribution in [2.24, 2.45) is 0 Å². The normalized spacial score (nSPS) is 10.9. The largest absolute Gasteiger partial charge is 0.293 e. The van der Waals surface area contributed by atoms with Crippen molar-refractivity contribution in [3.8, 4) is 0 Å². The van der Waals surface area contributed by atoms with E-state index in [9.17, 15) is 4.79 Å². The number of carbonyl (C=O) groups is 1. The summed E-state index contributed by atoms with van der Waals surface area (Å²) in [6, 6.07) is 16.4. The molecule has 0 N–H and O–H groups in total. The highest BCUT2D eigenvalue weighted by Crippen LogP contribution is 2.26. The summed E-state index contributed by atoms with van der Waals surface area (Å²) < 4.78 is 1.18. The molecule has 1 heterocycles. The number of thiophene rings is 1. The van der Waals surface area contributed by atoms with Crippen molar-refractivity contribution in [3.63, 3.8) is 0 Å². The van der Waals surface area contributed by atoms with Crippen LogP contribution in [-0.4, -0.2) is 5.78 Å². The summed E-state index contributed by atoms with van der Waals surface area (Å²) in [5.41, 5.74) is 3.52. The summed E-state index contributed by atoms with van der Waals surface area (Å²) in [4.78, 5) is 13.3. The second kappa shape index (κ2) is 5.22. The van der Waals surface area contributed by atoms with Crippen LogP contribution in [0.5, 0.6) is 0 Å². The first-order valence-electron chi connectivity index (χ1n) is 6.71.